The van der Waals surface area contributed by atoms with Gasteiger partial charge in [-0.3, -0.25) is 4.79 Å². The number of carboxylic acids is 1. The fourth-order valence-corrected chi connectivity index (χ4v) is 3.03. The van der Waals surface area contributed by atoms with Crippen molar-refractivity contribution in [1.29, 1.82) is 0 Å². The summed E-state index contributed by atoms with van der Waals surface area (Å²) < 4.78 is 5.38. The molecular formula is C16H23NO3. The van der Waals surface area contributed by atoms with Gasteiger partial charge < -0.3 is 15.2 Å². The molecule has 1 aliphatic carbocycles. The maximum Gasteiger partial charge on any atom is 0.306 e. The zero-order valence-electron chi connectivity index (χ0n) is 12.1. The Morgan fingerprint density at radius 2 is 2.15 bits per heavy atom. The van der Waals surface area contributed by atoms with Crippen LogP contribution in [0.2, 0.25) is 0 Å². The van der Waals surface area contributed by atoms with E-state index in [1.165, 1.54) is 0 Å². The molecule has 0 aliphatic heterocycles. The van der Waals surface area contributed by atoms with Crippen LogP contribution in [0.5, 0.6) is 5.75 Å². The average Bonchev–Trinajstić information content (AvgIpc) is 2.47. The molecule has 1 aromatic rings. The third kappa shape index (κ3) is 3.51. The highest BCUT2D eigenvalue weighted by molar-refractivity contribution is 5.70. The molecule has 1 fully saturated rings. The van der Waals surface area contributed by atoms with E-state index in [-0.39, 0.29) is 18.0 Å². The zero-order chi connectivity index (χ0) is 14.5. The van der Waals surface area contributed by atoms with Gasteiger partial charge in [-0.15, -0.1) is 0 Å². The van der Waals surface area contributed by atoms with Gasteiger partial charge in [0, 0.05) is 17.6 Å². The molecule has 1 aliphatic rings. The minimum Gasteiger partial charge on any atom is -0.496 e. The largest absolute Gasteiger partial charge is 0.496 e. The standard InChI is InChI=1S/C16H23NO3/c1-11(14-8-3-4-9-15(14)20-2)17-13-7-5-6-12(10-13)16(18)19/h3-4,8-9,11-13,17H,5-7,10H2,1-2H3,(H,18,19). The molecule has 20 heavy (non-hydrogen) atoms. The summed E-state index contributed by atoms with van der Waals surface area (Å²) >= 11 is 0. The topological polar surface area (TPSA) is 58.6 Å². The van der Waals surface area contributed by atoms with Gasteiger partial charge in [0.05, 0.1) is 13.0 Å². The number of ether oxygens (including phenoxy) is 1. The lowest BCUT2D eigenvalue weighted by atomic mass is 9.85. The monoisotopic (exact) mass is 277 g/mol. The normalized spacial score (nSPS) is 24.1. The fraction of sp³-hybridized carbons (Fsp3) is 0.562. The molecule has 0 bridgehead atoms. The molecule has 2 rings (SSSR count). The lowest BCUT2D eigenvalue weighted by Gasteiger charge is -2.30. The Hall–Kier alpha value is -1.55. The van der Waals surface area contributed by atoms with Crippen LogP contribution in [0.3, 0.4) is 0 Å². The Balaban J connectivity index is 2.00. The second kappa shape index (κ2) is 6.75. The molecule has 0 radical (unpaired) electrons. The third-order valence-electron chi connectivity index (χ3n) is 4.11. The van der Waals surface area contributed by atoms with E-state index in [0.717, 1.165) is 37.0 Å². The van der Waals surface area contributed by atoms with Crippen molar-refractivity contribution in [1.82, 2.24) is 5.32 Å². The molecule has 0 aromatic heterocycles. The summed E-state index contributed by atoms with van der Waals surface area (Å²) in [5.74, 6) is 0.00524. The molecule has 1 saturated carbocycles. The maximum absolute atomic E-state index is 11.1. The molecule has 0 spiro atoms. The number of nitrogens with one attached hydrogen (secondary N) is 1. The summed E-state index contributed by atoms with van der Waals surface area (Å²) in [6.07, 6.45) is 3.54. The van der Waals surface area contributed by atoms with Crippen molar-refractivity contribution in [3.63, 3.8) is 0 Å². The van der Waals surface area contributed by atoms with Gasteiger partial charge in [0.1, 0.15) is 5.75 Å². The Kier molecular flexibility index (Phi) is 5.01. The van der Waals surface area contributed by atoms with Gasteiger partial charge in [0.2, 0.25) is 0 Å². The van der Waals surface area contributed by atoms with Crippen LogP contribution in [0.25, 0.3) is 0 Å². The summed E-state index contributed by atoms with van der Waals surface area (Å²) in [5.41, 5.74) is 1.12. The van der Waals surface area contributed by atoms with Crippen LogP contribution < -0.4 is 10.1 Å². The minimum atomic E-state index is -0.665. The first-order valence-electron chi connectivity index (χ1n) is 7.23. The highest BCUT2D eigenvalue weighted by Crippen LogP contribution is 2.29. The van der Waals surface area contributed by atoms with Crippen LogP contribution in [0.1, 0.15) is 44.2 Å². The summed E-state index contributed by atoms with van der Waals surface area (Å²) in [6, 6.07) is 8.38. The first-order chi connectivity index (χ1) is 9.61. The number of hydrogen-bond acceptors (Lipinski definition) is 3. The fourth-order valence-electron chi connectivity index (χ4n) is 3.03. The van der Waals surface area contributed by atoms with Gasteiger partial charge in [-0.05, 0) is 32.3 Å². The van der Waals surface area contributed by atoms with E-state index in [4.69, 9.17) is 9.84 Å². The molecule has 2 N–H and O–H groups in total. The summed E-state index contributed by atoms with van der Waals surface area (Å²) in [7, 11) is 1.67. The second-order valence-corrected chi connectivity index (χ2v) is 5.53. The van der Waals surface area contributed by atoms with E-state index in [1.54, 1.807) is 7.11 Å². The minimum absolute atomic E-state index is 0.156. The van der Waals surface area contributed by atoms with Crippen molar-refractivity contribution >= 4 is 5.97 Å². The third-order valence-corrected chi connectivity index (χ3v) is 4.11. The summed E-state index contributed by atoms with van der Waals surface area (Å²) in [4.78, 5) is 11.1. The molecule has 4 nitrogen and oxygen atoms in total. The quantitative estimate of drug-likeness (QED) is 0.868. The van der Waals surface area contributed by atoms with Gasteiger partial charge in [0.25, 0.3) is 0 Å². The highest BCUT2D eigenvalue weighted by atomic mass is 16.5. The van der Waals surface area contributed by atoms with E-state index in [0.29, 0.717) is 0 Å². The molecule has 0 saturated heterocycles. The molecule has 110 valence electrons. The molecule has 3 atom stereocenters. The average molecular weight is 277 g/mol. The van der Waals surface area contributed by atoms with Crippen LogP contribution in [-0.4, -0.2) is 24.2 Å². The van der Waals surface area contributed by atoms with Gasteiger partial charge in [-0.25, -0.2) is 0 Å². The number of hydrogen-bond donors (Lipinski definition) is 2. The van der Waals surface area contributed by atoms with E-state index in [9.17, 15) is 4.79 Å². The van der Waals surface area contributed by atoms with Crippen LogP contribution in [0, 0.1) is 5.92 Å². The van der Waals surface area contributed by atoms with E-state index < -0.39 is 5.97 Å². The van der Waals surface area contributed by atoms with Crippen LogP contribution in [-0.2, 0) is 4.79 Å². The number of methoxy groups -OCH3 is 1. The molecule has 1 aromatic carbocycles. The van der Waals surface area contributed by atoms with Crippen molar-refractivity contribution in [3.8, 4) is 5.75 Å². The lowest BCUT2D eigenvalue weighted by Crippen LogP contribution is -2.37. The van der Waals surface area contributed by atoms with Crippen molar-refractivity contribution in [3.05, 3.63) is 29.8 Å². The molecule has 0 heterocycles. The van der Waals surface area contributed by atoms with Gasteiger partial charge >= 0.3 is 5.97 Å². The predicted octanol–water partition coefficient (Wildman–Crippen LogP) is 2.99. The van der Waals surface area contributed by atoms with Crippen LogP contribution in [0.15, 0.2) is 24.3 Å². The lowest BCUT2D eigenvalue weighted by molar-refractivity contribution is -0.143. The van der Waals surface area contributed by atoms with Gasteiger partial charge in [0.15, 0.2) is 0 Å². The smallest absolute Gasteiger partial charge is 0.306 e. The van der Waals surface area contributed by atoms with E-state index >= 15 is 0 Å². The molecule has 3 unspecified atom stereocenters. The first-order valence-corrected chi connectivity index (χ1v) is 7.23. The SMILES string of the molecule is COc1ccccc1C(C)NC1CCCC(C(=O)O)C1. The Labute approximate surface area is 120 Å². The van der Waals surface area contributed by atoms with Gasteiger partial charge in [-0.2, -0.15) is 0 Å². The first kappa shape index (κ1) is 14.9. The van der Waals surface area contributed by atoms with Crippen molar-refractivity contribution in [2.24, 2.45) is 5.92 Å². The number of carboxylic acid groups (broad SMARTS) is 1. The van der Waals surface area contributed by atoms with Crippen molar-refractivity contribution in [2.45, 2.75) is 44.7 Å². The number of aliphatic carboxylic acids is 1. The van der Waals surface area contributed by atoms with Gasteiger partial charge in [-0.1, -0.05) is 24.6 Å². The number of carbonyl (C=O) groups is 1. The molecular weight excluding hydrogens is 254 g/mol. The Morgan fingerprint density at radius 1 is 1.40 bits per heavy atom. The van der Waals surface area contributed by atoms with E-state index in [2.05, 4.69) is 12.2 Å². The molecule has 4 heteroatoms. The summed E-state index contributed by atoms with van der Waals surface area (Å²) in [6.45, 7) is 2.10. The number of benzene rings is 1. The van der Waals surface area contributed by atoms with Crippen molar-refractivity contribution < 1.29 is 14.6 Å². The number of rotatable bonds is 5. The maximum atomic E-state index is 11.1. The van der Waals surface area contributed by atoms with E-state index in [1.807, 2.05) is 24.3 Å². The van der Waals surface area contributed by atoms with Crippen LogP contribution >= 0.6 is 0 Å². The predicted molar refractivity (Wildman–Crippen MR) is 77.9 cm³/mol. The number of para-hydroxylation sites is 1. The molecule has 0 amide bonds. The highest BCUT2D eigenvalue weighted by Gasteiger charge is 2.28. The van der Waals surface area contributed by atoms with Crippen LogP contribution in [0.4, 0.5) is 0 Å². The zero-order valence-corrected chi connectivity index (χ0v) is 12.1. The summed E-state index contributed by atoms with van der Waals surface area (Å²) in [5, 5.41) is 12.7. The second-order valence-electron chi connectivity index (χ2n) is 5.53. The Morgan fingerprint density at radius 3 is 2.85 bits per heavy atom. The van der Waals surface area contributed by atoms with Crippen molar-refractivity contribution in [2.75, 3.05) is 7.11 Å². The Bertz CT molecular complexity index is 461.